The van der Waals surface area contributed by atoms with Gasteiger partial charge in [-0.2, -0.15) is 0 Å². The summed E-state index contributed by atoms with van der Waals surface area (Å²) in [6.45, 7) is 5.69. The minimum absolute atomic E-state index is 0.188. The highest BCUT2D eigenvalue weighted by atomic mass is 19.4. The molecule has 2 saturated carbocycles. The van der Waals surface area contributed by atoms with E-state index in [2.05, 4.69) is 14.6 Å². The lowest BCUT2D eigenvalue weighted by Crippen LogP contribution is -2.37. The van der Waals surface area contributed by atoms with Gasteiger partial charge in [0.2, 0.25) is 0 Å². The van der Waals surface area contributed by atoms with Gasteiger partial charge in [0.15, 0.2) is 0 Å². The third-order valence-corrected chi connectivity index (χ3v) is 7.68. The Kier molecular flexibility index (Phi) is 6.31. The average molecular weight is 477 g/mol. The maximum absolute atomic E-state index is 13.4. The van der Waals surface area contributed by atoms with Crippen LogP contribution in [0.1, 0.15) is 48.7 Å². The lowest BCUT2D eigenvalue weighted by Gasteiger charge is -2.28. The van der Waals surface area contributed by atoms with Gasteiger partial charge in [-0.15, -0.1) is 13.2 Å². The number of nitrogens with zero attached hydrogens (tertiary/aromatic N) is 4. The highest BCUT2D eigenvalue weighted by molar-refractivity contribution is 5.92. The number of carbonyl (C=O) groups is 1. The highest BCUT2D eigenvalue weighted by Crippen LogP contribution is 2.53. The standard InChI is InChI=1S/C25H31F3N4O2/c1-2-30-15-23(29-16-30)24(33)32(11-17-6-5-9-19(10-17)34-25(26,27)28)14-22-20-12-31(13-21(20)22)18-7-3-4-8-18/h5-6,9-10,15-16,18,20-22H,2-4,7-8,11-14H2,1H3. The summed E-state index contributed by atoms with van der Waals surface area (Å²) in [5.74, 6) is 1.17. The van der Waals surface area contributed by atoms with Crippen LogP contribution in [0.2, 0.25) is 0 Å². The number of imidazole rings is 1. The fourth-order valence-electron chi connectivity index (χ4n) is 5.86. The number of aryl methyl sites for hydroxylation is 1. The molecule has 5 rings (SSSR count). The highest BCUT2D eigenvalue weighted by Gasteiger charge is 2.57. The van der Waals surface area contributed by atoms with Crippen molar-refractivity contribution >= 4 is 5.91 Å². The van der Waals surface area contributed by atoms with E-state index in [4.69, 9.17) is 0 Å². The van der Waals surface area contributed by atoms with Gasteiger partial charge in [-0.05, 0) is 55.2 Å². The largest absolute Gasteiger partial charge is 0.573 e. The summed E-state index contributed by atoms with van der Waals surface area (Å²) >= 11 is 0. The molecule has 1 saturated heterocycles. The second kappa shape index (κ2) is 9.24. The number of amides is 1. The second-order valence-corrected chi connectivity index (χ2v) is 9.85. The van der Waals surface area contributed by atoms with E-state index in [0.717, 1.165) is 19.1 Å². The number of aromatic nitrogens is 2. The number of hydrogen-bond acceptors (Lipinski definition) is 4. The van der Waals surface area contributed by atoms with E-state index < -0.39 is 6.36 Å². The van der Waals surface area contributed by atoms with E-state index in [9.17, 15) is 18.0 Å². The Morgan fingerprint density at radius 2 is 1.94 bits per heavy atom. The number of rotatable bonds is 8. The molecule has 3 fully saturated rings. The third-order valence-electron chi connectivity index (χ3n) is 7.68. The Bertz CT molecular complexity index is 1010. The molecule has 9 heteroatoms. The van der Waals surface area contributed by atoms with Gasteiger partial charge in [-0.25, -0.2) is 4.98 Å². The van der Waals surface area contributed by atoms with Crippen LogP contribution in [0.15, 0.2) is 36.8 Å². The lowest BCUT2D eigenvalue weighted by atomic mass is 10.1. The summed E-state index contributed by atoms with van der Waals surface area (Å²) in [7, 11) is 0. The van der Waals surface area contributed by atoms with Crippen molar-refractivity contribution in [3.8, 4) is 5.75 Å². The minimum Gasteiger partial charge on any atom is -0.406 e. The lowest BCUT2D eigenvalue weighted by molar-refractivity contribution is -0.274. The SMILES string of the molecule is CCn1cnc(C(=O)N(Cc2cccc(OC(F)(F)F)c2)CC2C3CN(C4CCCC4)CC23)c1. The zero-order chi connectivity index (χ0) is 23.9. The average Bonchev–Trinajstić information content (AvgIpc) is 3.34. The number of alkyl halides is 3. The fraction of sp³-hybridized carbons (Fsp3) is 0.600. The smallest absolute Gasteiger partial charge is 0.406 e. The molecule has 0 spiro atoms. The first-order valence-corrected chi connectivity index (χ1v) is 12.2. The van der Waals surface area contributed by atoms with E-state index in [1.54, 1.807) is 23.5 Å². The van der Waals surface area contributed by atoms with E-state index in [1.165, 1.54) is 43.9 Å². The van der Waals surface area contributed by atoms with Crippen molar-refractivity contribution in [3.63, 3.8) is 0 Å². The van der Waals surface area contributed by atoms with Crippen LogP contribution < -0.4 is 4.74 Å². The minimum atomic E-state index is -4.75. The van der Waals surface area contributed by atoms with E-state index >= 15 is 0 Å². The number of halogens is 3. The molecular formula is C25H31F3N4O2. The molecule has 0 N–H and O–H groups in total. The van der Waals surface area contributed by atoms with Gasteiger partial charge in [0, 0.05) is 45.0 Å². The molecule has 1 aromatic carbocycles. The third kappa shape index (κ3) is 5.09. The number of likely N-dealkylation sites (tertiary alicyclic amines) is 1. The number of ether oxygens (including phenoxy) is 1. The maximum Gasteiger partial charge on any atom is 0.573 e. The van der Waals surface area contributed by atoms with Crippen LogP contribution in [-0.2, 0) is 13.1 Å². The van der Waals surface area contributed by atoms with Crippen molar-refractivity contribution in [2.75, 3.05) is 19.6 Å². The van der Waals surface area contributed by atoms with Crippen LogP contribution in [0.3, 0.4) is 0 Å². The monoisotopic (exact) mass is 476 g/mol. The Balaban J connectivity index is 1.29. The number of piperidine rings is 1. The second-order valence-electron chi connectivity index (χ2n) is 9.85. The van der Waals surface area contributed by atoms with Crippen molar-refractivity contribution in [2.45, 2.75) is 58.1 Å². The van der Waals surface area contributed by atoms with Crippen molar-refractivity contribution < 1.29 is 22.7 Å². The zero-order valence-electron chi connectivity index (χ0n) is 19.4. The summed E-state index contributed by atoms with van der Waals surface area (Å²) in [5.41, 5.74) is 0.964. The maximum atomic E-state index is 13.4. The molecule has 184 valence electrons. The van der Waals surface area contributed by atoms with Crippen molar-refractivity contribution in [3.05, 3.63) is 48.0 Å². The Labute approximate surface area is 197 Å². The van der Waals surface area contributed by atoms with Crippen LogP contribution in [0.5, 0.6) is 5.75 Å². The molecule has 1 aromatic heterocycles. The first-order chi connectivity index (χ1) is 16.3. The number of benzene rings is 1. The number of hydrogen-bond donors (Lipinski definition) is 0. The molecule has 2 unspecified atom stereocenters. The van der Waals surface area contributed by atoms with Gasteiger partial charge < -0.3 is 14.2 Å². The molecule has 2 atom stereocenters. The van der Waals surface area contributed by atoms with Gasteiger partial charge in [0.1, 0.15) is 11.4 Å². The van der Waals surface area contributed by atoms with Gasteiger partial charge in [-0.3, -0.25) is 9.69 Å². The van der Waals surface area contributed by atoms with Crippen molar-refractivity contribution in [1.29, 1.82) is 0 Å². The molecular weight excluding hydrogens is 445 g/mol. The molecule has 2 heterocycles. The Morgan fingerprint density at radius 3 is 2.59 bits per heavy atom. The summed E-state index contributed by atoms with van der Waals surface area (Å²) in [6.07, 6.45) is 3.85. The molecule has 0 bridgehead atoms. The summed E-state index contributed by atoms with van der Waals surface area (Å²) in [6, 6.07) is 6.60. The van der Waals surface area contributed by atoms with Crippen LogP contribution in [0.25, 0.3) is 0 Å². The summed E-state index contributed by atoms with van der Waals surface area (Å²) in [5, 5.41) is 0. The molecule has 6 nitrogen and oxygen atoms in total. The fourth-order valence-corrected chi connectivity index (χ4v) is 5.86. The van der Waals surface area contributed by atoms with E-state index in [1.807, 2.05) is 11.5 Å². The summed E-state index contributed by atoms with van der Waals surface area (Å²) in [4.78, 5) is 22.0. The quantitative estimate of drug-likeness (QED) is 0.560. The first-order valence-electron chi connectivity index (χ1n) is 12.2. The number of fused-ring (bicyclic) bond motifs is 1. The van der Waals surface area contributed by atoms with E-state index in [-0.39, 0.29) is 18.2 Å². The molecule has 1 amide bonds. The van der Waals surface area contributed by atoms with Gasteiger partial charge in [0.05, 0.1) is 6.33 Å². The zero-order valence-corrected chi connectivity index (χ0v) is 19.4. The Morgan fingerprint density at radius 1 is 1.21 bits per heavy atom. The van der Waals surface area contributed by atoms with Crippen LogP contribution in [0.4, 0.5) is 13.2 Å². The molecule has 0 radical (unpaired) electrons. The molecule has 1 aliphatic heterocycles. The van der Waals surface area contributed by atoms with Crippen LogP contribution >= 0.6 is 0 Å². The van der Waals surface area contributed by atoms with Gasteiger partial charge >= 0.3 is 6.36 Å². The predicted octanol–water partition coefficient (Wildman–Crippen LogP) is 4.56. The molecule has 2 aliphatic carbocycles. The van der Waals surface area contributed by atoms with E-state index in [0.29, 0.717) is 42.1 Å². The van der Waals surface area contributed by atoms with Crippen molar-refractivity contribution in [2.24, 2.45) is 17.8 Å². The molecule has 2 aromatic rings. The Hall–Kier alpha value is -2.55. The molecule has 3 aliphatic rings. The molecule has 34 heavy (non-hydrogen) atoms. The topological polar surface area (TPSA) is 50.6 Å². The van der Waals surface area contributed by atoms with Crippen LogP contribution in [0, 0.1) is 17.8 Å². The first kappa shape index (κ1) is 23.2. The van der Waals surface area contributed by atoms with Crippen LogP contribution in [-0.4, -0.2) is 57.3 Å². The van der Waals surface area contributed by atoms with Crippen molar-refractivity contribution in [1.82, 2.24) is 19.4 Å². The predicted molar refractivity (Wildman–Crippen MR) is 120 cm³/mol. The number of carbonyl (C=O) groups excluding carboxylic acids is 1. The van der Waals surface area contributed by atoms with Gasteiger partial charge in [-0.1, -0.05) is 25.0 Å². The normalized spacial score (nSPS) is 24.9. The summed E-state index contributed by atoms with van der Waals surface area (Å²) < 4.78 is 43.9. The van der Waals surface area contributed by atoms with Gasteiger partial charge in [0.25, 0.3) is 5.91 Å².